The Hall–Kier alpha value is -1.97. The van der Waals surface area contributed by atoms with Crippen LogP contribution < -0.4 is 10.6 Å². The molecule has 3 amide bonds. The van der Waals surface area contributed by atoms with Gasteiger partial charge in [0.15, 0.2) is 0 Å². The molecule has 35 heavy (non-hydrogen) atoms. The maximum Gasteiger partial charge on any atom is 0.246 e. The summed E-state index contributed by atoms with van der Waals surface area (Å²) in [7, 11) is 0. The monoisotopic (exact) mass is 549 g/mol. The van der Waals surface area contributed by atoms with Crippen molar-refractivity contribution in [1.82, 2.24) is 15.5 Å². The number of hydrogen-bond donors (Lipinski definition) is 3. The Balaban J connectivity index is 1.71. The lowest BCUT2D eigenvalue weighted by Gasteiger charge is -2.38. The van der Waals surface area contributed by atoms with Gasteiger partial charge in [-0.1, -0.05) is 73.5 Å². The summed E-state index contributed by atoms with van der Waals surface area (Å²) in [6.07, 6.45) is 1.48. The Kier molecular flexibility index (Phi) is 7.88. The third-order valence-electron chi connectivity index (χ3n) is 7.98. The van der Waals surface area contributed by atoms with E-state index in [0.717, 1.165) is 18.4 Å². The number of rotatable bonds is 10. The minimum Gasteiger partial charge on any atom is -0.394 e. The highest BCUT2D eigenvalue weighted by atomic mass is 79.9. The van der Waals surface area contributed by atoms with E-state index in [1.54, 1.807) is 4.90 Å². The van der Waals surface area contributed by atoms with Crippen molar-refractivity contribution in [2.24, 2.45) is 17.8 Å². The van der Waals surface area contributed by atoms with Crippen LogP contribution in [0, 0.1) is 17.8 Å². The molecule has 1 spiro atoms. The van der Waals surface area contributed by atoms with E-state index in [1.165, 1.54) is 0 Å². The maximum absolute atomic E-state index is 14.0. The summed E-state index contributed by atoms with van der Waals surface area (Å²) in [5.74, 6) is -2.28. The van der Waals surface area contributed by atoms with Crippen LogP contribution in [0.2, 0.25) is 0 Å². The van der Waals surface area contributed by atoms with E-state index < -0.39 is 35.6 Å². The SMILES string of the molecule is CCCNC(=O)[C@H]1[C@@H]2OC3(CC2Br)C(C(=O)NCc2ccccc2)N([C@@H](CO)[C@@H](C)CC)C(=O)[C@H]13. The van der Waals surface area contributed by atoms with E-state index in [-0.39, 0.29) is 35.1 Å². The van der Waals surface area contributed by atoms with Gasteiger partial charge in [-0.15, -0.1) is 0 Å². The van der Waals surface area contributed by atoms with Gasteiger partial charge in [-0.05, 0) is 24.3 Å². The van der Waals surface area contributed by atoms with Gasteiger partial charge in [-0.25, -0.2) is 0 Å². The molecule has 9 heteroatoms. The number of ether oxygens (including phenoxy) is 1. The van der Waals surface area contributed by atoms with Crippen molar-refractivity contribution < 1.29 is 24.2 Å². The fourth-order valence-corrected chi connectivity index (χ4v) is 7.03. The summed E-state index contributed by atoms with van der Waals surface area (Å²) < 4.78 is 6.49. The quantitative estimate of drug-likeness (QED) is 0.387. The lowest BCUT2D eigenvalue weighted by molar-refractivity contribution is -0.147. The Morgan fingerprint density at radius 1 is 1.23 bits per heavy atom. The van der Waals surface area contributed by atoms with Crippen molar-refractivity contribution in [2.45, 2.75) is 75.2 Å². The molecule has 3 aliphatic heterocycles. The molecule has 3 saturated heterocycles. The van der Waals surface area contributed by atoms with Crippen LogP contribution in [0.4, 0.5) is 0 Å². The van der Waals surface area contributed by atoms with Gasteiger partial charge < -0.3 is 25.4 Å². The molecule has 192 valence electrons. The molecule has 0 radical (unpaired) electrons. The van der Waals surface area contributed by atoms with Gasteiger partial charge in [0, 0.05) is 17.9 Å². The topological polar surface area (TPSA) is 108 Å². The van der Waals surface area contributed by atoms with Crippen LogP contribution in [0.5, 0.6) is 0 Å². The predicted molar refractivity (Wildman–Crippen MR) is 134 cm³/mol. The lowest BCUT2D eigenvalue weighted by atomic mass is 9.70. The van der Waals surface area contributed by atoms with Crippen molar-refractivity contribution in [3.05, 3.63) is 35.9 Å². The first-order valence-electron chi connectivity index (χ1n) is 12.6. The first-order valence-corrected chi connectivity index (χ1v) is 13.6. The van der Waals surface area contributed by atoms with Gasteiger partial charge in [-0.3, -0.25) is 14.4 Å². The normalized spacial score (nSPS) is 32.9. The second kappa shape index (κ2) is 10.6. The number of aliphatic hydroxyl groups is 1. The highest BCUT2D eigenvalue weighted by Gasteiger charge is 2.77. The fourth-order valence-electron chi connectivity index (χ4n) is 6.09. The van der Waals surface area contributed by atoms with Crippen LogP contribution in [-0.4, -0.2) is 69.5 Å². The molecule has 2 bridgehead atoms. The molecule has 8 atom stereocenters. The van der Waals surface area contributed by atoms with E-state index in [9.17, 15) is 19.5 Å². The third-order valence-corrected chi connectivity index (χ3v) is 8.83. The van der Waals surface area contributed by atoms with Gasteiger partial charge in [0.05, 0.1) is 30.6 Å². The summed E-state index contributed by atoms with van der Waals surface area (Å²) in [5, 5.41) is 16.3. The molecule has 1 aromatic rings. The van der Waals surface area contributed by atoms with Crippen molar-refractivity contribution in [1.29, 1.82) is 0 Å². The van der Waals surface area contributed by atoms with E-state index in [1.807, 2.05) is 51.1 Å². The molecule has 3 N–H and O–H groups in total. The number of fused-ring (bicyclic) bond motifs is 1. The summed E-state index contributed by atoms with van der Waals surface area (Å²) in [6.45, 7) is 6.50. The molecule has 1 aromatic carbocycles. The highest BCUT2D eigenvalue weighted by molar-refractivity contribution is 9.09. The average molecular weight is 550 g/mol. The summed E-state index contributed by atoms with van der Waals surface area (Å²) in [4.78, 5) is 42.4. The van der Waals surface area contributed by atoms with E-state index >= 15 is 0 Å². The Bertz CT molecular complexity index is 946. The minimum absolute atomic E-state index is 0.0343. The molecule has 0 aliphatic carbocycles. The van der Waals surface area contributed by atoms with Gasteiger partial charge in [0.1, 0.15) is 11.6 Å². The van der Waals surface area contributed by atoms with Crippen LogP contribution in [-0.2, 0) is 25.7 Å². The number of aliphatic hydroxyl groups excluding tert-OH is 1. The summed E-state index contributed by atoms with van der Waals surface area (Å²) in [6, 6.07) is 8.10. The number of nitrogens with one attached hydrogen (secondary N) is 2. The molecule has 3 fully saturated rings. The van der Waals surface area contributed by atoms with Crippen LogP contribution in [0.3, 0.4) is 0 Å². The first kappa shape index (κ1) is 26.1. The second-order valence-corrected chi connectivity index (χ2v) is 11.2. The van der Waals surface area contributed by atoms with Crippen LogP contribution in [0.15, 0.2) is 30.3 Å². The molecular weight excluding hydrogens is 514 g/mol. The minimum atomic E-state index is -1.12. The highest BCUT2D eigenvalue weighted by Crippen LogP contribution is 2.60. The van der Waals surface area contributed by atoms with Gasteiger partial charge in [0.2, 0.25) is 17.7 Å². The number of amides is 3. The molecule has 3 unspecified atom stereocenters. The van der Waals surface area contributed by atoms with E-state index in [2.05, 4.69) is 26.6 Å². The zero-order valence-corrected chi connectivity index (χ0v) is 22.2. The Labute approximate surface area is 215 Å². The van der Waals surface area contributed by atoms with Crippen molar-refractivity contribution in [3.63, 3.8) is 0 Å². The molecule has 3 aliphatic rings. The lowest BCUT2D eigenvalue weighted by Crippen LogP contribution is -2.59. The number of alkyl halides is 1. The molecule has 0 saturated carbocycles. The fraction of sp³-hybridized carbons (Fsp3) is 0.654. The van der Waals surface area contributed by atoms with Gasteiger partial charge in [0.25, 0.3) is 0 Å². The number of nitrogens with zero attached hydrogens (tertiary/aromatic N) is 1. The van der Waals surface area contributed by atoms with Crippen molar-refractivity contribution in [3.8, 4) is 0 Å². The van der Waals surface area contributed by atoms with Crippen LogP contribution >= 0.6 is 15.9 Å². The standard InChI is InChI=1S/C26H36BrN3O5/c1-4-11-28-23(32)19-20-25(34)30(18(14-31)15(3)5-2)22(26(20)12-17(27)21(19)35-26)24(33)29-13-16-9-7-6-8-10-16/h6-10,15,17-22,31H,4-5,11-14H2,1-3H3,(H,28,32)(H,29,33)/t15-,17?,18-,19+,20-,21+,22?,26?/m0/s1. The third kappa shape index (κ3) is 4.40. The van der Waals surface area contributed by atoms with E-state index in [0.29, 0.717) is 19.5 Å². The number of halogens is 1. The summed E-state index contributed by atoms with van der Waals surface area (Å²) >= 11 is 3.68. The molecule has 8 nitrogen and oxygen atoms in total. The Morgan fingerprint density at radius 2 is 1.94 bits per heavy atom. The Morgan fingerprint density at radius 3 is 2.57 bits per heavy atom. The number of hydrogen-bond acceptors (Lipinski definition) is 5. The summed E-state index contributed by atoms with van der Waals surface area (Å²) in [5.41, 5.74) is -0.176. The largest absolute Gasteiger partial charge is 0.394 e. The first-order chi connectivity index (χ1) is 16.8. The van der Waals surface area contributed by atoms with Gasteiger partial charge >= 0.3 is 0 Å². The number of carbonyl (C=O) groups excluding carboxylic acids is 3. The average Bonchev–Trinajstić information content (AvgIpc) is 3.45. The second-order valence-electron chi connectivity index (χ2n) is 10.0. The molecule has 4 rings (SSSR count). The van der Waals surface area contributed by atoms with E-state index in [4.69, 9.17) is 4.74 Å². The number of likely N-dealkylation sites (tertiary alicyclic amines) is 1. The van der Waals surface area contributed by atoms with Crippen LogP contribution in [0.1, 0.15) is 45.6 Å². The molecule has 0 aromatic heterocycles. The number of benzene rings is 1. The van der Waals surface area contributed by atoms with Crippen LogP contribution in [0.25, 0.3) is 0 Å². The smallest absolute Gasteiger partial charge is 0.246 e. The maximum atomic E-state index is 14.0. The van der Waals surface area contributed by atoms with Gasteiger partial charge in [-0.2, -0.15) is 0 Å². The number of carbonyl (C=O) groups is 3. The molecular formula is C26H36BrN3O5. The molecule has 3 heterocycles. The zero-order chi connectivity index (χ0) is 25.3. The predicted octanol–water partition coefficient (Wildman–Crippen LogP) is 1.98. The zero-order valence-electron chi connectivity index (χ0n) is 20.6. The van der Waals surface area contributed by atoms with Crippen molar-refractivity contribution >= 4 is 33.7 Å². The van der Waals surface area contributed by atoms with Crippen molar-refractivity contribution in [2.75, 3.05) is 13.2 Å².